The smallest absolute Gasteiger partial charge is 0.0801 e. The third-order valence-corrected chi connectivity index (χ3v) is 3.10. The first-order valence-corrected chi connectivity index (χ1v) is 6.86. The van der Waals surface area contributed by atoms with E-state index in [0.29, 0.717) is 0 Å². The Kier molecular flexibility index (Phi) is 5.23. The third kappa shape index (κ3) is 3.20. The van der Waals surface area contributed by atoms with E-state index in [1.165, 1.54) is 31.4 Å². The first-order valence-electron chi connectivity index (χ1n) is 6.38. The Bertz CT molecular complexity index is 592. The Morgan fingerprint density at radius 2 is 0.750 bits per heavy atom. The van der Waals surface area contributed by atoms with Crippen LogP contribution in [0.25, 0.3) is 22.3 Å². The molecule has 3 rings (SSSR count). The average molecular weight is 279 g/mol. The van der Waals surface area contributed by atoms with Gasteiger partial charge in [0.05, 0.1) is 0 Å². The zero-order valence-corrected chi connectivity index (χ0v) is 12.2. The van der Waals surface area contributed by atoms with Gasteiger partial charge in [-0.3, -0.25) is 0 Å². The fourth-order valence-electron chi connectivity index (χ4n) is 2.22. The Labute approximate surface area is 121 Å². The average Bonchev–Trinajstić information content (AvgIpc) is 2.58. The molecule has 0 amide bonds. The Morgan fingerprint density at radius 3 is 1.10 bits per heavy atom. The first-order chi connectivity index (χ1) is 9.95. The fraction of sp³-hybridized carbons (Fsp3) is 0. The van der Waals surface area contributed by atoms with Gasteiger partial charge in [0, 0.05) is 0 Å². The molecule has 0 N–H and O–H groups in total. The third-order valence-electron chi connectivity index (χ3n) is 3.10. The lowest BCUT2D eigenvalue weighted by Crippen LogP contribution is -1.83. The number of rotatable bonds is 2. The Hall–Kier alpha value is -2.24. The molecule has 0 heterocycles. The van der Waals surface area contributed by atoms with Crippen LogP contribution in [0, 0.1) is 0 Å². The normalized spacial score (nSPS) is 9.40. The summed E-state index contributed by atoms with van der Waals surface area (Å²) in [5.74, 6) is 0. The summed E-state index contributed by atoms with van der Waals surface area (Å²) in [4.78, 5) is 0. The van der Waals surface area contributed by atoms with Gasteiger partial charge in [0.1, 0.15) is 0 Å². The zero-order chi connectivity index (χ0) is 14.2. The van der Waals surface area contributed by atoms with Crippen molar-refractivity contribution in [2.45, 2.75) is 0 Å². The summed E-state index contributed by atoms with van der Waals surface area (Å²) in [5, 5.41) is 0. The van der Waals surface area contributed by atoms with Crippen molar-refractivity contribution >= 4 is 9.12 Å². The quantitative estimate of drug-likeness (QED) is 0.587. The monoisotopic (exact) mass is 279 g/mol. The van der Waals surface area contributed by atoms with Crippen molar-refractivity contribution in [2.75, 3.05) is 0 Å². The van der Waals surface area contributed by atoms with E-state index < -0.39 is 0 Å². The SMILES string of the molecule is O=[PH2+].c1ccc(-c2ccccc2-c2ccccc2)cc1. The van der Waals surface area contributed by atoms with E-state index in [2.05, 4.69) is 84.9 Å². The second-order valence-electron chi connectivity index (χ2n) is 4.28. The summed E-state index contributed by atoms with van der Waals surface area (Å²) in [6.07, 6.45) is 0. The molecule has 0 aliphatic carbocycles. The van der Waals surface area contributed by atoms with Crippen molar-refractivity contribution in [1.82, 2.24) is 0 Å². The van der Waals surface area contributed by atoms with Gasteiger partial charge in [-0.25, -0.2) is 0 Å². The lowest BCUT2D eigenvalue weighted by atomic mass is 9.95. The molecule has 0 saturated carbocycles. The van der Waals surface area contributed by atoms with Gasteiger partial charge in [0.25, 0.3) is 0 Å². The molecule has 3 aromatic carbocycles. The lowest BCUT2D eigenvalue weighted by molar-refractivity contribution is 0.607. The summed E-state index contributed by atoms with van der Waals surface area (Å²) in [6.45, 7) is 0. The molecular weight excluding hydrogens is 263 g/mol. The number of benzene rings is 3. The largest absolute Gasteiger partial charge is 0.310 e. The van der Waals surface area contributed by atoms with E-state index in [9.17, 15) is 0 Å². The standard InChI is InChI=1S/C18H14.H2OP/c1-3-9-15(10-4-1)17-13-7-8-14-18(17)16-11-5-2-6-12-16;1-2/h1-14H;2H2/q;+1. The van der Waals surface area contributed by atoms with Crippen LogP contribution in [0.2, 0.25) is 0 Å². The Morgan fingerprint density at radius 1 is 0.450 bits per heavy atom. The minimum atomic E-state index is 1.17. The molecule has 0 aliphatic heterocycles. The molecule has 0 aromatic heterocycles. The molecule has 0 fully saturated rings. The van der Waals surface area contributed by atoms with Crippen LogP contribution in [0.15, 0.2) is 84.9 Å². The van der Waals surface area contributed by atoms with Crippen LogP contribution in [0.4, 0.5) is 0 Å². The topological polar surface area (TPSA) is 17.1 Å². The Balaban J connectivity index is 0.000000704. The van der Waals surface area contributed by atoms with Gasteiger partial charge < -0.3 is 0 Å². The molecular formula is C18H16OP+. The van der Waals surface area contributed by atoms with E-state index in [1.807, 2.05) is 0 Å². The van der Waals surface area contributed by atoms with Gasteiger partial charge in [-0.1, -0.05) is 89.5 Å². The highest BCUT2D eigenvalue weighted by Crippen LogP contribution is 2.31. The molecule has 1 atom stereocenters. The predicted octanol–water partition coefficient (Wildman–Crippen LogP) is 5.23. The minimum Gasteiger partial charge on any atom is -0.0801 e. The van der Waals surface area contributed by atoms with E-state index in [0.717, 1.165) is 0 Å². The maximum absolute atomic E-state index is 8.17. The molecule has 1 nitrogen and oxygen atoms in total. The molecule has 0 saturated heterocycles. The van der Waals surface area contributed by atoms with Gasteiger partial charge in [0.15, 0.2) is 0 Å². The predicted molar refractivity (Wildman–Crippen MR) is 87.7 cm³/mol. The summed E-state index contributed by atoms with van der Waals surface area (Å²) in [7, 11) is 1.17. The van der Waals surface area contributed by atoms with Crippen molar-refractivity contribution in [3.05, 3.63) is 84.9 Å². The highest BCUT2D eigenvalue weighted by atomic mass is 31.0. The second kappa shape index (κ2) is 7.37. The van der Waals surface area contributed by atoms with Crippen LogP contribution in [0.3, 0.4) is 0 Å². The summed E-state index contributed by atoms with van der Waals surface area (Å²) in [6, 6.07) is 29.6. The molecule has 2 heteroatoms. The molecule has 98 valence electrons. The molecule has 3 aromatic rings. The molecule has 0 spiro atoms. The highest BCUT2D eigenvalue weighted by Gasteiger charge is 2.05. The maximum Gasteiger partial charge on any atom is 0.310 e. The maximum atomic E-state index is 8.17. The van der Waals surface area contributed by atoms with Gasteiger partial charge in [-0.05, 0) is 22.3 Å². The molecule has 20 heavy (non-hydrogen) atoms. The summed E-state index contributed by atoms with van der Waals surface area (Å²) < 4.78 is 8.17. The van der Waals surface area contributed by atoms with Crippen molar-refractivity contribution in [1.29, 1.82) is 0 Å². The lowest BCUT2D eigenvalue weighted by Gasteiger charge is -2.09. The highest BCUT2D eigenvalue weighted by molar-refractivity contribution is 7.00. The van der Waals surface area contributed by atoms with Crippen LogP contribution >= 0.6 is 9.12 Å². The summed E-state index contributed by atoms with van der Waals surface area (Å²) in [5.41, 5.74) is 5.09. The van der Waals surface area contributed by atoms with E-state index in [1.54, 1.807) is 0 Å². The van der Waals surface area contributed by atoms with E-state index >= 15 is 0 Å². The van der Waals surface area contributed by atoms with Crippen molar-refractivity contribution < 1.29 is 4.57 Å². The van der Waals surface area contributed by atoms with Gasteiger partial charge in [0.2, 0.25) is 0 Å². The molecule has 1 unspecified atom stereocenters. The van der Waals surface area contributed by atoms with Crippen molar-refractivity contribution in [3.8, 4) is 22.3 Å². The first kappa shape index (κ1) is 14.2. The fourth-order valence-corrected chi connectivity index (χ4v) is 2.22. The van der Waals surface area contributed by atoms with Gasteiger partial charge in [-0.15, -0.1) is 0 Å². The van der Waals surface area contributed by atoms with E-state index in [-0.39, 0.29) is 0 Å². The van der Waals surface area contributed by atoms with Gasteiger partial charge in [-0.2, -0.15) is 0 Å². The van der Waals surface area contributed by atoms with Crippen LogP contribution < -0.4 is 0 Å². The second-order valence-corrected chi connectivity index (χ2v) is 4.28. The van der Waals surface area contributed by atoms with Crippen LogP contribution in [-0.2, 0) is 4.57 Å². The van der Waals surface area contributed by atoms with Crippen LogP contribution in [0.5, 0.6) is 0 Å². The van der Waals surface area contributed by atoms with Crippen LogP contribution in [-0.4, -0.2) is 0 Å². The van der Waals surface area contributed by atoms with Crippen molar-refractivity contribution in [3.63, 3.8) is 0 Å². The molecule has 0 radical (unpaired) electrons. The molecule has 0 bridgehead atoms. The van der Waals surface area contributed by atoms with Gasteiger partial charge >= 0.3 is 9.12 Å². The zero-order valence-electron chi connectivity index (χ0n) is 11.1. The van der Waals surface area contributed by atoms with E-state index in [4.69, 9.17) is 4.57 Å². The number of hydrogen-bond acceptors (Lipinski definition) is 1. The minimum absolute atomic E-state index is 1.17. The summed E-state index contributed by atoms with van der Waals surface area (Å²) >= 11 is 0. The number of hydrogen-bond donors (Lipinski definition) is 0. The van der Waals surface area contributed by atoms with Crippen LogP contribution in [0.1, 0.15) is 0 Å². The molecule has 0 aliphatic rings. The van der Waals surface area contributed by atoms with Crippen molar-refractivity contribution in [2.24, 2.45) is 0 Å².